The van der Waals surface area contributed by atoms with Gasteiger partial charge in [0.05, 0.1) is 0 Å². The van der Waals surface area contributed by atoms with Crippen molar-refractivity contribution in [3.63, 3.8) is 0 Å². The summed E-state index contributed by atoms with van der Waals surface area (Å²) >= 11 is 3.22. The molecule has 0 amide bonds. The average molecular weight is 302 g/mol. The lowest BCUT2D eigenvalue weighted by atomic mass is 10.2. The number of carboxylic acids is 1. The molecule has 0 aliphatic rings. The zero-order chi connectivity index (χ0) is 12.8. The van der Waals surface area contributed by atoms with E-state index >= 15 is 0 Å². The number of nitrogens with zero attached hydrogens (tertiary/aromatic N) is 2. The highest BCUT2D eigenvalue weighted by atomic mass is 79.9. The molecule has 0 aromatic carbocycles. The largest absolute Gasteiger partial charge is 0.478 e. The molecule has 0 atom stereocenters. The van der Waals surface area contributed by atoms with Crippen LogP contribution in [0.25, 0.3) is 0 Å². The number of rotatable bonds is 6. The summed E-state index contributed by atoms with van der Waals surface area (Å²) in [6.07, 6.45) is 2.54. The summed E-state index contributed by atoms with van der Waals surface area (Å²) in [7, 11) is 3.74. The van der Waals surface area contributed by atoms with Crippen LogP contribution < -0.4 is 10.2 Å². The molecule has 0 aliphatic carbocycles. The smallest absolute Gasteiger partial charge is 0.339 e. The van der Waals surface area contributed by atoms with Gasteiger partial charge in [-0.2, -0.15) is 0 Å². The van der Waals surface area contributed by atoms with E-state index in [0.717, 1.165) is 19.5 Å². The highest BCUT2D eigenvalue weighted by molar-refractivity contribution is 9.10. The molecule has 0 radical (unpaired) electrons. The molecule has 1 heterocycles. The number of halogens is 1. The molecule has 0 saturated carbocycles. The van der Waals surface area contributed by atoms with Crippen molar-refractivity contribution in [3.05, 3.63) is 22.3 Å². The molecule has 0 unspecified atom stereocenters. The molecule has 0 spiro atoms. The third-order valence-electron chi connectivity index (χ3n) is 2.35. The van der Waals surface area contributed by atoms with Crippen LogP contribution in [0, 0.1) is 0 Å². The lowest BCUT2D eigenvalue weighted by Gasteiger charge is -2.19. The fourth-order valence-corrected chi connectivity index (χ4v) is 1.82. The van der Waals surface area contributed by atoms with E-state index in [1.807, 2.05) is 19.0 Å². The Kier molecular flexibility index (Phi) is 5.37. The Morgan fingerprint density at radius 1 is 1.65 bits per heavy atom. The minimum Gasteiger partial charge on any atom is -0.478 e. The monoisotopic (exact) mass is 301 g/mol. The van der Waals surface area contributed by atoms with Gasteiger partial charge in [0.15, 0.2) is 0 Å². The second kappa shape index (κ2) is 6.56. The Morgan fingerprint density at radius 2 is 2.35 bits per heavy atom. The van der Waals surface area contributed by atoms with Gasteiger partial charge in [-0.1, -0.05) is 0 Å². The van der Waals surface area contributed by atoms with Crippen molar-refractivity contribution >= 4 is 27.7 Å². The van der Waals surface area contributed by atoms with E-state index in [9.17, 15) is 4.79 Å². The van der Waals surface area contributed by atoms with Gasteiger partial charge < -0.3 is 15.3 Å². The molecule has 1 aromatic rings. The van der Waals surface area contributed by atoms with E-state index in [1.54, 1.807) is 12.3 Å². The predicted molar refractivity (Wildman–Crippen MR) is 70.7 cm³/mol. The van der Waals surface area contributed by atoms with Crippen LogP contribution in [-0.2, 0) is 0 Å². The van der Waals surface area contributed by atoms with Crippen LogP contribution in [0.2, 0.25) is 0 Å². The number of pyridine rings is 1. The zero-order valence-electron chi connectivity index (χ0n) is 9.90. The minimum atomic E-state index is -0.964. The first-order chi connectivity index (χ1) is 8.06. The SMILES string of the molecule is CNCCCN(C)c1ncc(Br)cc1C(=O)O. The molecule has 5 nitrogen and oxygen atoms in total. The first kappa shape index (κ1) is 13.9. The maximum absolute atomic E-state index is 11.1. The fourth-order valence-electron chi connectivity index (χ4n) is 1.49. The van der Waals surface area contributed by atoms with Crippen LogP contribution >= 0.6 is 15.9 Å². The van der Waals surface area contributed by atoms with Gasteiger partial charge in [-0.05, 0) is 42.0 Å². The van der Waals surface area contributed by atoms with E-state index in [4.69, 9.17) is 5.11 Å². The van der Waals surface area contributed by atoms with Crippen molar-refractivity contribution in [2.45, 2.75) is 6.42 Å². The van der Waals surface area contributed by atoms with Crippen LogP contribution in [0.5, 0.6) is 0 Å². The van der Waals surface area contributed by atoms with Gasteiger partial charge in [0.1, 0.15) is 11.4 Å². The number of carboxylic acid groups (broad SMARTS) is 1. The quantitative estimate of drug-likeness (QED) is 0.781. The Morgan fingerprint density at radius 3 is 2.94 bits per heavy atom. The fraction of sp³-hybridized carbons (Fsp3) is 0.455. The molecule has 0 bridgehead atoms. The Bertz CT molecular complexity index is 398. The third-order valence-corrected chi connectivity index (χ3v) is 2.78. The lowest BCUT2D eigenvalue weighted by Crippen LogP contribution is -2.25. The summed E-state index contributed by atoms with van der Waals surface area (Å²) in [5, 5.41) is 12.2. The maximum Gasteiger partial charge on any atom is 0.339 e. The number of anilines is 1. The summed E-state index contributed by atoms with van der Waals surface area (Å²) in [5.74, 6) is -0.467. The molecule has 0 aliphatic heterocycles. The summed E-state index contributed by atoms with van der Waals surface area (Å²) < 4.78 is 0.669. The number of aromatic carboxylic acids is 1. The van der Waals surface area contributed by atoms with Crippen molar-refractivity contribution in [3.8, 4) is 0 Å². The van der Waals surface area contributed by atoms with Crippen molar-refractivity contribution in [2.75, 3.05) is 32.1 Å². The summed E-state index contributed by atoms with van der Waals surface area (Å²) in [6.45, 7) is 1.65. The number of aromatic nitrogens is 1. The molecule has 94 valence electrons. The number of hydrogen-bond acceptors (Lipinski definition) is 4. The summed E-state index contributed by atoms with van der Waals surface area (Å²) in [5.41, 5.74) is 0.214. The van der Waals surface area contributed by atoms with Gasteiger partial charge in [-0.3, -0.25) is 0 Å². The van der Waals surface area contributed by atoms with E-state index in [0.29, 0.717) is 10.3 Å². The molecule has 1 rings (SSSR count). The summed E-state index contributed by atoms with van der Waals surface area (Å²) in [4.78, 5) is 17.1. The lowest BCUT2D eigenvalue weighted by molar-refractivity contribution is 0.0697. The van der Waals surface area contributed by atoms with Crippen molar-refractivity contribution in [2.24, 2.45) is 0 Å². The molecular formula is C11H16BrN3O2. The zero-order valence-corrected chi connectivity index (χ0v) is 11.5. The first-order valence-electron chi connectivity index (χ1n) is 5.31. The van der Waals surface area contributed by atoms with Crippen LogP contribution in [0.4, 0.5) is 5.82 Å². The van der Waals surface area contributed by atoms with Crippen LogP contribution in [0.1, 0.15) is 16.8 Å². The standard InChI is InChI=1S/C11H16BrN3O2/c1-13-4-3-5-15(2)10-9(11(16)17)6-8(12)7-14-10/h6-7,13H,3-5H2,1-2H3,(H,16,17). The van der Waals surface area contributed by atoms with Gasteiger partial charge in [0, 0.05) is 24.3 Å². The van der Waals surface area contributed by atoms with E-state index in [1.165, 1.54) is 0 Å². The van der Waals surface area contributed by atoms with Gasteiger partial charge in [0.25, 0.3) is 0 Å². The molecule has 6 heteroatoms. The van der Waals surface area contributed by atoms with Crippen LogP contribution in [-0.4, -0.2) is 43.2 Å². The van der Waals surface area contributed by atoms with Crippen LogP contribution in [0.15, 0.2) is 16.7 Å². The Hall–Kier alpha value is -1.14. The predicted octanol–water partition coefficient (Wildman–Crippen LogP) is 1.59. The highest BCUT2D eigenvalue weighted by Crippen LogP contribution is 2.20. The normalized spacial score (nSPS) is 10.3. The Labute approximate surface area is 109 Å². The molecule has 0 saturated heterocycles. The molecule has 1 aromatic heterocycles. The summed E-state index contributed by atoms with van der Waals surface area (Å²) in [6, 6.07) is 1.57. The second-order valence-electron chi connectivity index (χ2n) is 3.71. The number of carbonyl (C=O) groups is 1. The van der Waals surface area contributed by atoms with Gasteiger partial charge in [0.2, 0.25) is 0 Å². The number of hydrogen-bond donors (Lipinski definition) is 2. The van der Waals surface area contributed by atoms with E-state index in [2.05, 4.69) is 26.2 Å². The molecule has 17 heavy (non-hydrogen) atoms. The second-order valence-corrected chi connectivity index (χ2v) is 4.62. The minimum absolute atomic E-state index is 0.214. The van der Waals surface area contributed by atoms with Gasteiger partial charge >= 0.3 is 5.97 Å². The van der Waals surface area contributed by atoms with Crippen molar-refractivity contribution in [1.29, 1.82) is 0 Å². The van der Waals surface area contributed by atoms with E-state index in [-0.39, 0.29) is 5.56 Å². The maximum atomic E-state index is 11.1. The molecule has 0 fully saturated rings. The third kappa shape index (κ3) is 3.98. The number of nitrogens with one attached hydrogen (secondary N) is 1. The topological polar surface area (TPSA) is 65.5 Å². The van der Waals surface area contributed by atoms with Gasteiger partial charge in [-0.25, -0.2) is 9.78 Å². The first-order valence-corrected chi connectivity index (χ1v) is 6.10. The van der Waals surface area contributed by atoms with Crippen LogP contribution in [0.3, 0.4) is 0 Å². The molecule has 2 N–H and O–H groups in total. The van der Waals surface area contributed by atoms with Crippen molar-refractivity contribution < 1.29 is 9.90 Å². The Balaban J connectivity index is 2.84. The van der Waals surface area contributed by atoms with Gasteiger partial charge in [-0.15, -0.1) is 0 Å². The highest BCUT2D eigenvalue weighted by Gasteiger charge is 2.15. The van der Waals surface area contributed by atoms with E-state index < -0.39 is 5.97 Å². The average Bonchev–Trinajstić information content (AvgIpc) is 2.29. The van der Waals surface area contributed by atoms with Crippen molar-refractivity contribution in [1.82, 2.24) is 10.3 Å². The molecular weight excluding hydrogens is 286 g/mol.